The number of nitrogens with one attached hydrogen (secondary N) is 2. The maximum atomic E-state index is 13.1. The molecule has 180 valence electrons. The summed E-state index contributed by atoms with van der Waals surface area (Å²) in [5.41, 5.74) is 1.20. The van der Waals surface area contributed by atoms with E-state index >= 15 is 0 Å². The lowest BCUT2D eigenvalue weighted by Crippen LogP contribution is -2.48. The van der Waals surface area contributed by atoms with E-state index in [-0.39, 0.29) is 41.9 Å². The van der Waals surface area contributed by atoms with Crippen LogP contribution >= 0.6 is 0 Å². The number of nitrogens with zero attached hydrogens (tertiary/aromatic N) is 1. The Morgan fingerprint density at radius 2 is 1.85 bits per heavy atom. The highest BCUT2D eigenvalue weighted by Gasteiger charge is 2.54. The number of carbonyl (C=O) groups is 4. The number of Topliss-reactive ketones (excluding diaryl/α,β-unsaturated/α-hetero) is 1. The number of hydrogen-bond donors (Lipinski definition) is 2. The Balaban J connectivity index is 1.72. The van der Waals surface area contributed by atoms with E-state index in [1.165, 1.54) is 4.90 Å². The van der Waals surface area contributed by atoms with Crippen molar-refractivity contribution in [2.75, 3.05) is 12.4 Å². The van der Waals surface area contributed by atoms with Crippen molar-refractivity contribution in [2.45, 2.75) is 78.7 Å². The molecule has 33 heavy (non-hydrogen) atoms. The van der Waals surface area contributed by atoms with Crippen LogP contribution in [0.25, 0.3) is 0 Å². The molecular weight excluding hydrogens is 418 g/mol. The third-order valence-corrected chi connectivity index (χ3v) is 7.23. The molecule has 4 amide bonds. The second kappa shape index (κ2) is 9.27. The van der Waals surface area contributed by atoms with Gasteiger partial charge in [0.05, 0.1) is 0 Å². The standard InChI is InChI=1S/C26H37N3O4/c1-7-8-9-16(2)20(22(31)25(3,4)5)13-21(30)27-19-11-10-17-14-26(15-18(17)12-19)23(32)28-24(33)29(26)6/h10-12,16,20H,7-9,13-15H2,1-6H3,(H,27,30)(H,28,32,33). The van der Waals surface area contributed by atoms with E-state index in [1.54, 1.807) is 7.05 Å². The van der Waals surface area contributed by atoms with E-state index in [2.05, 4.69) is 24.5 Å². The van der Waals surface area contributed by atoms with Crippen molar-refractivity contribution in [3.05, 3.63) is 29.3 Å². The first kappa shape index (κ1) is 24.9. The number of likely N-dealkylation sites (N-methyl/N-ethyl adjacent to an activating group) is 1. The Labute approximate surface area is 196 Å². The van der Waals surface area contributed by atoms with Gasteiger partial charge in [-0.3, -0.25) is 19.7 Å². The summed E-state index contributed by atoms with van der Waals surface area (Å²) >= 11 is 0. The predicted octanol–water partition coefficient (Wildman–Crippen LogP) is 4.09. The number of amides is 4. The first-order chi connectivity index (χ1) is 15.4. The molecule has 1 saturated heterocycles. The number of hydrogen-bond acceptors (Lipinski definition) is 4. The lowest BCUT2D eigenvalue weighted by molar-refractivity contribution is -0.134. The van der Waals surface area contributed by atoms with Crippen LogP contribution in [0.5, 0.6) is 0 Å². The molecule has 0 aromatic heterocycles. The zero-order valence-corrected chi connectivity index (χ0v) is 20.7. The topological polar surface area (TPSA) is 95.6 Å². The summed E-state index contributed by atoms with van der Waals surface area (Å²) in [4.78, 5) is 52.0. The fraction of sp³-hybridized carbons (Fsp3) is 0.615. The molecule has 2 aliphatic rings. The summed E-state index contributed by atoms with van der Waals surface area (Å²) in [6, 6.07) is 5.23. The van der Waals surface area contributed by atoms with E-state index in [0.717, 1.165) is 30.4 Å². The van der Waals surface area contributed by atoms with Crippen LogP contribution in [-0.2, 0) is 27.2 Å². The smallest absolute Gasteiger partial charge is 0.324 e. The van der Waals surface area contributed by atoms with Crippen molar-refractivity contribution >= 4 is 29.3 Å². The zero-order valence-electron chi connectivity index (χ0n) is 20.7. The van der Waals surface area contributed by atoms with E-state index < -0.39 is 11.0 Å². The zero-order chi connectivity index (χ0) is 24.6. The van der Waals surface area contributed by atoms with Crippen LogP contribution in [0.3, 0.4) is 0 Å². The van der Waals surface area contributed by atoms with Gasteiger partial charge in [-0.05, 0) is 29.2 Å². The fourth-order valence-electron chi connectivity index (χ4n) is 5.02. The average molecular weight is 456 g/mol. The number of anilines is 1. The van der Waals surface area contributed by atoms with Crippen molar-refractivity contribution in [3.63, 3.8) is 0 Å². The number of carbonyl (C=O) groups excluding carboxylic acids is 4. The van der Waals surface area contributed by atoms with Gasteiger partial charge in [-0.1, -0.05) is 59.9 Å². The summed E-state index contributed by atoms with van der Waals surface area (Å²) in [6.07, 6.45) is 4.05. The molecule has 3 unspecified atom stereocenters. The molecule has 0 radical (unpaired) electrons. The minimum Gasteiger partial charge on any atom is -0.326 e. The average Bonchev–Trinajstić information content (AvgIpc) is 3.22. The van der Waals surface area contributed by atoms with Crippen LogP contribution in [0.2, 0.25) is 0 Å². The molecule has 3 rings (SSSR count). The third kappa shape index (κ3) is 4.97. The van der Waals surface area contributed by atoms with Crippen LogP contribution in [0.15, 0.2) is 18.2 Å². The summed E-state index contributed by atoms with van der Waals surface area (Å²) in [6.45, 7) is 9.91. The summed E-state index contributed by atoms with van der Waals surface area (Å²) in [5.74, 6) is -0.523. The highest BCUT2D eigenvalue weighted by atomic mass is 16.2. The molecule has 2 N–H and O–H groups in total. The maximum Gasteiger partial charge on any atom is 0.324 e. The van der Waals surface area contributed by atoms with Crippen LogP contribution in [-0.4, -0.2) is 41.1 Å². The highest BCUT2D eigenvalue weighted by Crippen LogP contribution is 2.38. The van der Waals surface area contributed by atoms with E-state index in [0.29, 0.717) is 18.5 Å². The molecule has 1 spiro atoms. The lowest BCUT2D eigenvalue weighted by Gasteiger charge is -2.29. The molecule has 7 heteroatoms. The molecular formula is C26H37N3O4. The van der Waals surface area contributed by atoms with Crippen LogP contribution in [0.1, 0.15) is 71.4 Å². The monoisotopic (exact) mass is 455 g/mol. The van der Waals surface area contributed by atoms with Crippen LogP contribution < -0.4 is 10.6 Å². The number of urea groups is 1. The van der Waals surface area contributed by atoms with Crippen LogP contribution in [0, 0.1) is 17.3 Å². The fourth-order valence-corrected chi connectivity index (χ4v) is 5.02. The van der Waals surface area contributed by atoms with Gasteiger partial charge >= 0.3 is 6.03 Å². The van der Waals surface area contributed by atoms with Gasteiger partial charge in [-0.2, -0.15) is 0 Å². The Kier molecular flexibility index (Phi) is 7.01. The lowest BCUT2D eigenvalue weighted by atomic mass is 9.74. The predicted molar refractivity (Wildman–Crippen MR) is 128 cm³/mol. The van der Waals surface area contributed by atoms with Crippen molar-refractivity contribution in [2.24, 2.45) is 17.3 Å². The number of benzene rings is 1. The first-order valence-corrected chi connectivity index (χ1v) is 11.9. The number of unbranched alkanes of at least 4 members (excludes halogenated alkanes) is 1. The molecule has 1 aromatic carbocycles. The maximum absolute atomic E-state index is 13.1. The van der Waals surface area contributed by atoms with Gasteiger partial charge in [-0.15, -0.1) is 0 Å². The van der Waals surface area contributed by atoms with Gasteiger partial charge in [0, 0.05) is 43.3 Å². The van der Waals surface area contributed by atoms with E-state index in [1.807, 2.05) is 39.0 Å². The van der Waals surface area contributed by atoms with Crippen molar-refractivity contribution in [1.82, 2.24) is 10.2 Å². The minimum absolute atomic E-state index is 0.122. The normalized spacial score (nSPS) is 21.7. The number of fused-ring (bicyclic) bond motifs is 1. The Morgan fingerprint density at radius 3 is 2.42 bits per heavy atom. The van der Waals surface area contributed by atoms with Crippen molar-refractivity contribution in [1.29, 1.82) is 0 Å². The molecule has 1 fully saturated rings. The SMILES string of the molecule is CCCCC(C)C(CC(=O)Nc1ccc2c(c1)CC1(C2)C(=O)NC(=O)N1C)C(=O)C(C)(C)C. The molecule has 3 atom stereocenters. The third-order valence-electron chi connectivity index (χ3n) is 7.23. The number of ketones is 1. The minimum atomic E-state index is -0.888. The molecule has 0 saturated carbocycles. The molecule has 0 bridgehead atoms. The second-order valence-corrected chi connectivity index (χ2v) is 10.8. The molecule has 1 aliphatic carbocycles. The largest absolute Gasteiger partial charge is 0.326 e. The van der Waals surface area contributed by atoms with Gasteiger partial charge in [-0.25, -0.2) is 4.79 Å². The Bertz CT molecular complexity index is 965. The van der Waals surface area contributed by atoms with Crippen molar-refractivity contribution in [3.8, 4) is 0 Å². The van der Waals surface area contributed by atoms with E-state index in [9.17, 15) is 19.2 Å². The van der Waals surface area contributed by atoms with Gasteiger partial charge in [0.15, 0.2) is 0 Å². The van der Waals surface area contributed by atoms with Crippen LogP contribution in [0.4, 0.5) is 10.5 Å². The second-order valence-electron chi connectivity index (χ2n) is 10.8. The van der Waals surface area contributed by atoms with Gasteiger partial charge < -0.3 is 10.2 Å². The molecule has 1 aliphatic heterocycles. The van der Waals surface area contributed by atoms with Gasteiger partial charge in [0.2, 0.25) is 5.91 Å². The number of rotatable bonds is 8. The number of imide groups is 1. The first-order valence-electron chi connectivity index (χ1n) is 11.9. The Hall–Kier alpha value is -2.70. The summed E-state index contributed by atoms with van der Waals surface area (Å²) in [7, 11) is 1.64. The molecule has 7 nitrogen and oxygen atoms in total. The highest BCUT2D eigenvalue weighted by molar-refractivity contribution is 6.07. The molecule has 1 heterocycles. The summed E-state index contributed by atoms with van der Waals surface area (Å²) in [5, 5.41) is 5.35. The van der Waals surface area contributed by atoms with Gasteiger partial charge in [0.1, 0.15) is 11.3 Å². The van der Waals surface area contributed by atoms with E-state index in [4.69, 9.17) is 0 Å². The van der Waals surface area contributed by atoms with Gasteiger partial charge in [0.25, 0.3) is 5.91 Å². The molecule has 1 aromatic rings. The quantitative estimate of drug-likeness (QED) is 0.577. The summed E-state index contributed by atoms with van der Waals surface area (Å²) < 4.78 is 0. The Morgan fingerprint density at radius 1 is 1.18 bits per heavy atom. The van der Waals surface area contributed by atoms with Crippen molar-refractivity contribution < 1.29 is 19.2 Å².